The number of hydrogen-bond donors (Lipinski definition) is 1. The number of nitrogens with zero attached hydrogens (tertiary/aromatic N) is 2. The molecule has 0 radical (unpaired) electrons. The summed E-state index contributed by atoms with van der Waals surface area (Å²) in [5.74, 6) is 0. The zero-order valence-corrected chi connectivity index (χ0v) is 15.6. The van der Waals surface area contributed by atoms with Gasteiger partial charge in [-0.1, -0.05) is 6.92 Å². The second-order valence-electron chi connectivity index (χ2n) is 5.41. The number of halogens is 1. The lowest BCUT2D eigenvalue weighted by molar-refractivity contribution is 0.508. The molecule has 0 aliphatic heterocycles. The molecular weight excluding hydrogens is 346 g/mol. The molecule has 0 bridgehead atoms. The molecule has 5 heteroatoms. The summed E-state index contributed by atoms with van der Waals surface area (Å²) in [6.45, 7) is 10.5. The van der Waals surface area contributed by atoms with Crippen LogP contribution in [-0.2, 0) is 13.0 Å². The molecule has 0 aromatic carbocycles. The molecule has 1 N–H and O–H groups in total. The van der Waals surface area contributed by atoms with E-state index in [4.69, 9.17) is 0 Å². The van der Waals surface area contributed by atoms with E-state index in [9.17, 15) is 0 Å². The minimum Gasteiger partial charge on any atom is -0.309 e. The third-order valence-electron chi connectivity index (χ3n) is 3.56. The average molecular weight is 370 g/mol. The Morgan fingerprint density at radius 1 is 1.33 bits per heavy atom. The van der Waals surface area contributed by atoms with Crippen LogP contribution < -0.4 is 5.32 Å². The van der Waals surface area contributed by atoms with E-state index in [0.717, 1.165) is 31.6 Å². The number of aryl methyl sites for hydroxylation is 3. The van der Waals surface area contributed by atoms with Gasteiger partial charge in [-0.3, -0.25) is 4.68 Å². The largest absolute Gasteiger partial charge is 0.309 e. The molecule has 1 unspecified atom stereocenters. The van der Waals surface area contributed by atoms with Gasteiger partial charge in [0.1, 0.15) is 0 Å². The summed E-state index contributed by atoms with van der Waals surface area (Å²) in [6.07, 6.45) is 2.13. The van der Waals surface area contributed by atoms with Gasteiger partial charge in [0, 0.05) is 29.6 Å². The Bertz CT molecular complexity index is 569. The van der Waals surface area contributed by atoms with Gasteiger partial charge in [0.15, 0.2) is 0 Å². The molecule has 0 saturated carbocycles. The first-order valence-electron chi connectivity index (χ1n) is 7.57. The highest BCUT2D eigenvalue weighted by Crippen LogP contribution is 2.33. The molecule has 2 aromatic heterocycles. The van der Waals surface area contributed by atoms with Crippen LogP contribution in [0.2, 0.25) is 0 Å². The fraction of sp³-hybridized carbons (Fsp3) is 0.562. The van der Waals surface area contributed by atoms with Gasteiger partial charge in [-0.2, -0.15) is 5.10 Å². The SMILES string of the molecule is CCCNC(Cc1cc(C)nn1CC)c1cc(C)c(Br)s1. The van der Waals surface area contributed by atoms with Crippen molar-refractivity contribution in [3.05, 3.63) is 37.7 Å². The summed E-state index contributed by atoms with van der Waals surface area (Å²) in [6, 6.07) is 4.86. The molecule has 1 atom stereocenters. The predicted octanol–water partition coefficient (Wildman–Crippen LogP) is 4.63. The Labute approximate surface area is 139 Å². The van der Waals surface area contributed by atoms with Crippen molar-refractivity contribution in [2.45, 2.75) is 53.1 Å². The van der Waals surface area contributed by atoms with Gasteiger partial charge < -0.3 is 5.32 Å². The Kier molecular flexibility index (Phi) is 6.02. The summed E-state index contributed by atoms with van der Waals surface area (Å²) in [5.41, 5.74) is 3.73. The summed E-state index contributed by atoms with van der Waals surface area (Å²) in [5, 5.41) is 8.25. The van der Waals surface area contributed by atoms with E-state index in [1.165, 1.54) is 19.9 Å². The lowest BCUT2D eigenvalue weighted by atomic mass is 10.1. The minimum atomic E-state index is 0.362. The van der Waals surface area contributed by atoms with Gasteiger partial charge in [-0.05, 0) is 67.4 Å². The first-order chi connectivity index (χ1) is 10.0. The molecule has 2 aromatic rings. The van der Waals surface area contributed by atoms with Crippen LogP contribution in [0.25, 0.3) is 0 Å². The molecule has 0 saturated heterocycles. The maximum atomic E-state index is 4.56. The average Bonchev–Trinajstić information content (AvgIpc) is 2.97. The molecular formula is C16H24BrN3S. The summed E-state index contributed by atoms with van der Waals surface area (Å²) < 4.78 is 3.35. The monoisotopic (exact) mass is 369 g/mol. The van der Waals surface area contributed by atoms with Crippen LogP contribution in [0.15, 0.2) is 15.9 Å². The highest BCUT2D eigenvalue weighted by atomic mass is 79.9. The number of aromatic nitrogens is 2. The lowest BCUT2D eigenvalue weighted by Crippen LogP contribution is -2.24. The Hall–Kier alpha value is -0.650. The Morgan fingerprint density at radius 3 is 2.67 bits per heavy atom. The minimum absolute atomic E-state index is 0.362. The van der Waals surface area contributed by atoms with Crippen LogP contribution >= 0.6 is 27.3 Å². The molecule has 0 amide bonds. The molecule has 2 heterocycles. The van der Waals surface area contributed by atoms with Gasteiger partial charge in [0.2, 0.25) is 0 Å². The molecule has 0 spiro atoms. The van der Waals surface area contributed by atoms with Gasteiger partial charge in [0.05, 0.1) is 9.48 Å². The van der Waals surface area contributed by atoms with Crippen molar-refractivity contribution < 1.29 is 0 Å². The Balaban J connectivity index is 2.23. The highest BCUT2D eigenvalue weighted by Gasteiger charge is 2.17. The normalized spacial score (nSPS) is 12.8. The van der Waals surface area contributed by atoms with Gasteiger partial charge >= 0.3 is 0 Å². The fourth-order valence-corrected chi connectivity index (χ4v) is 4.14. The molecule has 0 aliphatic rings. The van der Waals surface area contributed by atoms with Crippen molar-refractivity contribution in [2.24, 2.45) is 0 Å². The van der Waals surface area contributed by atoms with Crippen LogP contribution in [0.1, 0.15) is 48.1 Å². The molecule has 0 aliphatic carbocycles. The molecule has 21 heavy (non-hydrogen) atoms. The summed E-state index contributed by atoms with van der Waals surface area (Å²) in [4.78, 5) is 1.40. The number of nitrogens with one attached hydrogen (secondary N) is 1. The molecule has 116 valence electrons. The third-order valence-corrected chi connectivity index (χ3v) is 5.81. The van der Waals surface area contributed by atoms with Crippen LogP contribution in [0, 0.1) is 13.8 Å². The second kappa shape index (κ2) is 7.56. The molecule has 0 fully saturated rings. The fourth-order valence-electron chi connectivity index (χ4n) is 2.49. The molecule has 2 rings (SSSR count). The van der Waals surface area contributed by atoms with Crippen molar-refractivity contribution in [1.29, 1.82) is 0 Å². The van der Waals surface area contributed by atoms with Crippen LogP contribution in [0.3, 0.4) is 0 Å². The number of rotatable bonds is 7. The summed E-state index contributed by atoms with van der Waals surface area (Å²) >= 11 is 5.48. The molecule has 3 nitrogen and oxygen atoms in total. The second-order valence-corrected chi connectivity index (χ2v) is 7.81. The zero-order valence-electron chi connectivity index (χ0n) is 13.2. The van der Waals surface area contributed by atoms with Crippen molar-refractivity contribution >= 4 is 27.3 Å². The number of hydrogen-bond acceptors (Lipinski definition) is 3. The van der Waals surface area contributed by atoms with E-state index >= 15 is 0 Å². The van der Waals surface area contributed by atoms with Crippen molar-refractivity contribution in [1.82, 2.24) is 15.1 Å². The maximum absolute atomic E-state index is 4.56. The summed E-state index contributed by atoms with van der Waals surface area (Å²) in [7, 11) is 0. The Morgan fingerprint density at radius 2 is 2.10 bits per heavy atom. The lowest BCUT2D eigenvalue weighted by Gasteiger charge is -2.17. The highest BCUT2D eigenvalue weighted by molar-refractivity contribution is 9.11. The predicted molar refractivity (Wildman–Crippen MR) is 94.1 cm³/mol. The van der Waals surface area contributed by atoms with E-state index in [1.54, 1.807) is 0 Å². The van der Waals surface area contributed by atoms with Crippen molar-refractivity contribution in [3.63, 3.8) is 0 Å². The van der Waals surface area contributed by atoms with Crippen LogP contribution in [0.4, 0.5) is 0 Å². The van der Waals surface area contributed by atoms with E-state index in [-0.39, 0.29) is 0 Å². The quantitative estimate of drug-likeness (QED) is 0.770. The first-order valence-corrected chi connectivity index (χ1v) is 9.18. The van der Waals surface area contributed by atoms with Gasteiger partial charge in [-0.15, -0.1) is 11.3 Å². The van der Waals surface area contributed by atoms with Crippen LogP contribution in [-0.4, -0.2) is 16.3 Å². The number of thiophene rings is 1. The smallest absolute Gasteiger partial charge is 0.0731 e. The van der Waals surface area contributed by atoms with E-state index in [0.29, 0.717) is 6.04 Å². The zero-order chi connectivity index (χ0) is 15.4. The van der Waals surface area contributed by atoms with Crippen molar-refractivity contribution in [2.75, 3.05) is 6.54 Å². The van der Waals surface area contributed by atoms with Crippen molar-refractivity contribution in [3.8, 4) is 0 Å². The standard InChI is InChI=1S/C16H24BrN3S/c1-5-7-18-14(15-8-11(3)16(17)21-15)10-13-9-12(4)19-20(13)6-2/h8-9,14,18H,5-7,10H2,1-4H3. The van der Waals surface area contributed by atoms with E-state index in [2.05, 4.69) is 70.9 Å². The van der Waals surface area contributed by atoms with E-state index < -0.39 is 0 Å². The van der Waals surface area contributed by atoms with Gasteiger partial charge in [0.25, 0.3) is 0 Å². The third kappa shape index (κ3) is 4.18. The van der Waals surface area contributed by atoms with Gasteiger partial charge in [-0.25, -0.2) is 0 Å². The maximum Gasteiger partial charge on any atom is 0.0731 e. The van der Waals surface area contributed by atoms with E-state index in [1.807, 2.05) is 11.3 Å². The first kappa shape index (κ1) is 16.7. The van der Waals surface area contributed by atoms with Crippen LogP contribution in [0.5, 0.6) is 0 Å². The topological polar surface area (TPSA) is 29.9 Å².